The van der Waals surface area contributed by atoms with E-state index in [9.17, 15) is 4.57 Å². The van der Waals surface area contributed by atoms with E-state index in [0.717, 1.165) is 25.7 Å². The first-order chi connectivity index (χ1) is 8.13. The second-order valence-corrected chi connectivity index (χ2v) is 6.61. The van der Waals surface area contributed by atoms with Gasteiger partial charge in [0.1, 0.15) is 0 Å². The number of methoxy groups -OCH3 is 1. The van der Waals surface area contributed by atoms with Gasteiger partial charge in [-0.25, -0.2) is 0 Å². The molecule has 0 saturated heterocycles. The molecule has 4 nitrogen and oxygen atoms in total. The summed E-state index contributed by atoms with van der Waals surface area (Å²) in [5.74, 6) is 0.449. The van der Waals surface area contributed by atoms with Crippen molar-refractivity contribution in [3.05, 3.63) is 0 Å². The van der Waals surface area contributed by atoms with E-state index < -0.39 is 7.60 Å². The summed E-state index contributed by atoms with van der Waals surface area (Å²) in [6.07, 6.45) is 5.17. The Morgan fingerprint density at radius 1 is 1.06 bits per heavy atom. The predicted octanol–water partition coefficient (Wildman–Crippen LogP) is 3.46. The molecule has 0 radical (unpaired) electrons. The summed E-state index contributed by atoms with van der Waals surface area (Å²) < 4.78 is 28.3. The van der Waals surface area contributed by atoms with Crippen molar-refractivity contribution in [3.8, 4) is 0 Å². The molecular formula is C12H25O4P. The van der Waals surface area contributed by atoms with Crippen LogP contribution in [-0.2, 0) is 18.3 Å². The Bertz CT molecular complexity index is 239. The first-order valence-corrected chi connectivity index (χ1v) is 8.27. The molecule has 0 aromatic heterocycles. The zero-order valence-corrected chi connectivity index (χ0v) is 12.1. The second-order valence-electron chi connectivity index (χ2n) is 4.51. The number of hydrogen-bond donors (Lipinski definition) is 0. The quantitative estimate of drug-likeness (QED) is 0.660. The van der Waals surface area contributed by atoms with Crippen molar-refractivity contribution in [2.24, 2.45) is 5.92 Å². The third-order valence-corrected chi connectivity index (χ3v) is 5.53. The minimum absolute atomic E-state index is 0.379. The summed E-state index contributed by atoms with van der Waals surface area (Å²) in [6.45, 7) is 4.61. The highest BCUT2D eigenvalue weighted by Crippen LogP contribution is 2.51. The lowest BCUT2D eigenvalue weighted by molar-refractivity contribution is 0.0585. The highest BCUT2D eigenvalue weighted by Gasteiger charge is 2.31. The van der Waals surface area contributed by atoms with Crippen LogP contribution in [0.4, 0.5) is 0 Å². The van der Waals surface area contributed by atoms with E-state index in [4.69, 9.17) is 13.8 Å². The fourth-order valence-corrected chi connectivity index (χ4v) is 4.47. The molecule has 1 aliphatic carbocycles. The molecule has 0 N–H and O–H groups in total. The first kappa shape index (κ1) is 15.2. The highest BCUT2D eigenvalue weighted by molar-refractivity contribution is 7.53. The third kappa shape index (κ3) is 5.09. The van der Waals surface area contributed by atoms with Crippen LogP contribution in [-0.4, -0.2) is 32.6 Å². The van der Waals surface area contributed by atoms with Crippen molar-refractivity contribution >= 4 is 7.60 Å². The van der Waals surface area contributed by atoms with Gasteiger partial charge in [-0.3, -0.25) is 4.57 Å². The van der Waals surface area contributed by atoms with Gasteiger partial charge in [-0.15, -0.1) is 0 Å². The Hall–Kier alpha value is 0.110. The molecule has 0 aromatic carbocycles. The smallest absolute Gasteiger partial charge is 0.330 e. The Morgan fingerprint density at radius 3 is 2.00 bits per heavy atom. The first-order valence-electron chi connectivity index (χ1n) is 6.54. The van der Waals surface area contributed by atoms with Crippen LogP contribution in [0.1, 0.15) is 39.5 Å². The van der Waals surface area contributed by atoms with Crippen molar-refractivity contribution in [1.82, 2.24) is 0 Å². The van der Waals surface area contributed by atoms with Crippen molar-refractivity contribution in [2.45, 2.75) is 45.6 Å². The molecule has 102 valence electrons. The van der Waals surface area contributed by atoms with E-state index in [1.165, 1.54) is 0 Å². The molecule has 17 heavy (non-hydrogen) atoms. The Labute approximate surface area is 105 Å². The monoisotopic (exact) mass is 264 g/mol. The predicted molar refractivity (Wildman–Crippen MR) is 68.5 cm³/mol. The van der Waals surface area contributed by atoms with E-state index in [2.05, 4.69) is 0 Å². The molecule has 0 heterocycles. The van der Waals surface area contributed by atoms with Crippen LogP contribution in [0, 0.1) is 5.92 Å². The number of ether oxygens (including phenoxy) is 1. The average molecular weight is 264 g/mol. The normalized spacial score (nSPS) is 26.1. The lowest BCUT2D eigenvalue weighted by Gasteiger charge is -2.29. The summed E-state index contributed by atoms with van der Waals surface area (Å²) in [5, 5.41) is 0. The van der Waals surface area contributed by atoms with Crippen LogP contribution in [0.5, 0.6) is 0 Å². The molecule has 5 heteroatoms. The summed E-state index contributed by atoms with van der Waals surface area (Å²) >= 11 is 0. The molecule has 1 aliphatic rings. The minimum Gasteiger partial charge on any atom is -0.381 e. The number of rotatable bonds is 7. The van der Waals surface area contributed by atoms with Crippen molar-refractivity contribution in [3.63, 3.8) is 0 Å². The lowest BCUT2D eigenvalue weighted by atomic mass is 9.89. The summed E-state index contributed by atoms with van der Waals surface area (Å²) in [5.41, 5.74) is 0. The van der Waals surface area contributed by atoms with Crippen LogP contribution in [0.3, 0.4) is 0 Å². The molecule has 1 fully saturated rings. The second kappa shape index (κ2) is 7.52. The topological polar surface area (TPSA) is 44.8 Å². The fraction of sp³-hybridized carbons (Fsp3) is 1.00. The van der Waals surface area contributed by atoms with Gasteiger partial charge < -0.3 is 13.8 Å². The van der Waals surface area contributed by atoms with Gasteiger partial charge in [0.2, 0.25) is 0 Å². The van der Waals surface area contributed by atoms with Gasteiger partial charge in [-0.1, -0.05) is 0 Å². The Morgan fingerprint density at radius 2 is 1.59 bits per heavy atom. The van der Waals surface area contributed by atoms with Crippen LogP contribution in [0.2, 0.25) is 0 Å². The average Bonchev–Trinajstić information content (AvgIpc) is 2.30. The van der Waals surface area contributed by atoms with Gasteiger partial charge in [-0.2, -0.15) is 0 Å². The van der Waals surface area contributed by atoms with Gasteiger partial charge >= 0.3 is 7.60 Å². The maximum atomic E-state index is 12.4. The minimum atomic E-state index is -2.86. The van der Waals surface area contributed by atoms with Crippen LogP contribution in [0.25, 0.3) is 0 Å². The van der Waals surface area contributed by atoms with E-state index in [1.54, 1.807) is 7.11 Å². The van der Waals surface area contributed by atoms with Gasteiger partial charge in [0.25, 0.3) is 0 Å². The maximum absolute atomic E-state index is 12.4. The van der Waals surface area contributed by atoms with Crippen LogP contribution in [0.15, 0.2) is 0 Å². The standard InChI is InChI=1S/C12H25O4P/c1-4-15-17(13,16-5-2)10-11-6-8-12(14-3)9-7-11/h11-12H,4-10H2,1-3H3. The molecule has 0 atom stereocenters. The SMILES string of the molecule is CCOP(=O)(CC1CCC(OC)CC1)OCC. The molecular weight excluding hydrogens is 239 g/mol. The van der Waals surface area contributed by atoms with Crippen LogP contribution < -0.4 is 0 Å². The van der Waals surface area contributed by atoms with Gasteiger partial charge in [0, 0.05) is 7.11 Å². The Kier molecular flexibility index (Phi) is 6.71. The molecule has 0 aliphatic heterocycles. The van der Waals surface area contributed by atoms with Crippen molar-refractivity contribution in [1.29, 1.82) is 0 Å². The molecule has 0 aromatic rings. The van der Waals surface area contributed by atoms with Gasteiger partial charge in [0.15, 0.2) is 0 Å². The molecule has 0 spiro atoms. The fourth-order valence-electron chi connectivity index (χ4n) is 2.40. The lowest BCUT2D eigenvalue weighted by Crippen LogP contribution is -2.23. The van der Waals surface area contributed by atoms with Crippen molar-refractivity contribution in [2.75, 3.05) is 26.5 Å². The molecule has 1 saturated carbocycles. The van der Waals surface area contributed by atoms with Gasteiger partial charge in [0.05, 0.1) is 25.5 Å². The molecule has 1 rings (SSSR count). The highest BCUT2D eigenvalue weighted by atomic mass is 31.2. The van der Waals surface area contributed by atoms with E-state index in [1.807, 2.05) is 13.8 Å². The number of hydrogen-bond acceptors (Lipinski definition) is 4. The largest absolute Gasteiger partial charge is 0.381 e. The summed E-state index contributed by atoms with van der Waals surface area (Å²) in [6, 6.07) is 0. The van der Waals surface area contributed by atoms with Crippen molar-refractivity contribution < 1.29 is 18.3 Å². The van der Waals surface area contributed by atoms with Crippen LogP contribution >= 0.6 is 7.60 Å². The third-order valence-electron chi connectivity index (χ3n) is 3.26. The molecule has 0 bridgehead atoms. The van der Waals surface area contributed by atoms with E-state index >= 15 is 0 Å². The van der Waals surface area contributed by atoms with E-state index in [0.29, 0.717) is 31.4 Å². The zero-order chi connectivity index (χ0) is 12.7. The zero-order valence-electron chi connectivity index (χ0n) is 11.2. The summed E-state index contributed by atoms with van der Waals surface area (Å²) in [4.78, 5) is 0. The molecule has 0 unspecified atom stereocenters. The maximum Gasteiger partial charge on any atom is 0.330 e. The van der Waals surface area contributed by atoms with Gasteiger partial charge in [-0.05, 0) is 45.4 Å². The summed E-state index contributed by atoms with van der Waals surface area (Å²) in [7, 11) is -1.10. The van der Waals surface area contributed by atoms with E-state index in [-0.39, 0.29) is 0 Å². The Balaban J connectivity index is 2.43. The molecule has 0 amide bonds.